The Morgan fingerprint density at radius 1 is 1.17 bits per heavy atom. The molecule has 0 bridgehead atoms. The molecule has 7 heteroatoms. The molecule has 1 heterocycles. The van der Waals surface area contributed by atoms with Crippen molar-refractivity contribution in [2.24, 2.45) is 17.6 Å². The summed E-state index contributed by atoms with van der Waals surface area (Å²) in [6.07, 6.45) is 7.30. The van der Waals surface area contributed by atoms with Crippen LogP contribution in [0, 0.1) is 11.8 Å². The molecule has 0 aromatic heterocycles. The van der Waals surface area contributed by atoms with Gasteiger partial charge >= 0.3 is 0 Å². The summed E-state index contributed by atoms with van der Waals surface area (Å²) in [6.45, 7) is 0.991. The minimum atomic E-state index is -0.538. The topological polar surface area (TPSA) is 92.9 Å². The molecule has 1 aromatic rings. The van der Waals surface area contributed by atoms with E-state index in [1.165, 1.54) is 17.9 Å². The van der Waals surface area contributed by atoms with Gasteiger partial charge in [0.1, 0.15) is 12.6 Å². The lowest BCUT2D eigenvalue weighted by Gasteiger charge is -2.30. The summed E-state index contributed by atoms with van der Waals surface area (Å²) < 4.78 is 0. The number of carbonyl (C=O) groups is 3. The molecule has 1 aromatic carbocycles. The van der Waals surface area contributed by atoms with Crippen molar-refractivity contribution in [3.8, 4) is 0 Å². The second kappa shape index (κ2) is 10.4. The Kier molecular flexibility index (Phi) is 7.63. The maximum Gasteiger partial charge on any atom is 0.240 e. The number of rotatable bonds is 10. The monoisotopic (exact) mass is 401 g/mol. The summed E-state index contributed by atoms with van der Waals surface area (Å²) in [5, 5.41) is 1.22. The second-order valence-corrected chi connectivity index (χ2v) is 8.14. The average molecular weight is 402 g/mol. The fraction of sp³-hybridized carbons (Fsp3) is 0.591. The third-order valence-corrected chi connectivity index (χ3v) is 6.06. The quantitative estimate of drug-likeness (QED) is 0.481. The van der Waals surface area contributed by atoms with Crippen molar-refractivity contribution < 1.29 is 19.2 Å². The number of hydrogen-bond donors (Lipinski definition) is 1. The number of primary amides is 1. The third kappa shape index (κ3) is 5.79. The molecule has 7 nitrogen and oxygen atoms in total. The van der Waals surface area contributed by atoms with Gasteiger partial charge in [0.15, 0.2) is 0 Å². The Labute approximate surface area is 172 Å². The molecular weight excluding hydrogens is 370 g/mol. The van der Waals surface area contributed by atoms with Gasteiger partial charge in [-0.05, 0) is 30.7 Å². The summed E-state index contributed by atoms with van der Waals surface area (Å²) in [6, 6.07) is 9.05. The van der Waals surface area contributed by atoms with Crippen molar-refractivity contribution in [1.29, 1.82) is 0 Å². The van der Waals surface area contributed by atoms with E-state index in [4.69, 9.17) is 10.6 Å². The first-order valence-electron chi connectivity index (χ1n) is 10.6. The van der Waals surface area contributed by atoms with Gasteiger partial charge in [0, 0.05) is 6.54 Å². The van der Waals surface area contributed by atoms with Crippen molar-refractivity contribution in [3.63, 3.8) is 0 Å². The zero-order chi connectivity index (χ0) is 20.6. The molecule has 2 atom stereocenters. The smallest absolute Gasteiger partial charge is 0.240 e. The van der Waals surface area contributed by atoms with Crippen molar-refractivity contribution in [2.75, 3.05) is 13.1 Å². The molecule has 2 aliphatic rings. The van der Waals surface area contributed by atoms with Gasteiger partial charge in [0.05, 0.1) is 12.5 Å². The normalized spacial score (nSPS) is 20.6. The molecular formula is C22H31N3O4. The van der Waals surface area contributed by atoms with Gasteiger partial charge in [0.25, 0.3) is 0 Å². The average Bonchev–Trinajstić information content (AvgIpc) is 3.42. The highest BCUT2D eigenvalue weighted by Gasteiger charge is 2.37. The lowest BCUT2D eigenvalue weighted by molar-refractivity contribution is -0.183. The van der Waals surface area contributed by atoms with E-state index < -0.39 is 11.9 Å². The highest BCUT2D eigenvalue weighted by atomic mass is 16.7. The minimum Gasteiger partial charge on any atom is -0.368 e. The Morgan fingerprint density at radius 3 is 2.55 bits per heavy atom. The SMILES string of the molecule is NC(=O)[C@@H]1CCCN1C(=O)C(CC1CCCC1)CN(C=O)OCc1ccccc1. The molecule has 2 fully saturated rings. The van der Waals surface area contributed by atoms with Crippen LogP contribution in [-0.2, 0) is 25.8 Å². The molecule has 29 heavy (non-hydrogen) atoms. The molecule has 3 amide bonds. The van der Waals surface area contributed by atoms with Crippen LogP contribution in [0.1, 0.15) is 50.5 Å². The van der Waals surface area contributed by atoms with Gasteiger partial charge in [-0.1, -0.05) is 56.0 Å². The van der Waals surface area contributed by atoms with E-state index in [0.717, 1.165) is 24.8 Å². The van der Waals surface area contributed by atoms with Gasteiger partial charge < -0.3 is 10.6 Å². The van der Waals surface area contributed by atoms with E-state index in [9.17, 15) is 14.4 Å². The van der Waals surface area contributed by atoms with Gasteiger partial charge in [-0.25, -0.2) is 5.06 Å². The van der Waals surface area contributed by atoms with Gasteiger partial charge in [-0.2, -0.15) is 0 Å². The molecule has 1 saturated heterocycles. The summed E-state index contributed by atoms with van der Waals surface area (Å²) in [4.78, 5) is 43.9. The van der Waals surface area contributed by atoms with Crippen molar-refractivity contribution in [1.82, 2.24) is 9.96 Å². The first-order chi connectivity index (χ1) is 14.1. The number of hydroxylamine groups is 2. The molecule has 1 aliphatic heterocycles. The lowest BCUT2D eigenvalue weighted by Crippen LogP contribution is -2.48. The Hall–Kier alpha value is -2.41. The van der Waals surface area contributed by atoms with Crippen LogP contribution in [0.25, 0.3) is 0 Å². The van der Waals surface area contributed by atoms with Gasteiger partial charge in [0.2, 0.25) is 18.2 Å². The molecule has 3 rings (SSSR count). The lowest BCUT2D eigenvalue weighted by atomic mass is 9.91. The van der Waals surface area contributed by atoms with Crippen LogP contribution in [0.3, 0.4) is 0 Å². The number of benzene rings is 1. The summed E-state index contributed by atoms with van der Waals surface area (Å²) in [7, 11) is 0. The third-order valence-electron chi connectivity index (χ3n) is 6.06. The van der Waals surface area contributed by atoms with Crippen LogP contribution < -0.4 is 5.73 Å². The number of likely N-dealkylation sites (tertiary alicyclic amines) is 1. The first kappa shape index (κ1) is 21.3. The highest BCUT2D eigenvalue weighted by molar-refractivity contribution is 5.88. The van der Waals surface area contributed by atoms with E-state index in [1.54, 1.807) is 4.90 Å². The fourth-order valence-electron chi connectivity index (χ4n) is 4.54. The van der Waals surface area contributed by atoms with Crippen LogP contribution in [0.4, 0.5) is 0 Å². The predicted molar refractivity (Wildman–Crippen MR) is 108 cm³/mol. The summed E-state index contributed by atoms with van der Waals surface area (Å²) in [5.41, 5.74) is 6.46. The molecule has 158 valence electrons. The van der Waals surface area contributed by atoms with E-state index in [1.807, 2.05) is 30.3 Å². The zero-order valence-electron chi connectivity index (χ0n) is 16.9. The number of carbonyl (C=O) groups excluding carboxylic acids is 3. The second-order valence-electron chi connectivity index (χ2n) is 8.14. The number of nitrogens with two attached hydrogens (primary N) is 1. The molecule has 2 N–H and O–H groups in total. The van der Waals surface area contributed by atoms with Crippen molar-refractivity contribution >= 4 is 18.2 Å². The van der Waals surface area contributed by atoms with Crippen molar-refractivity contribution in [3.05, 3.63) is 35.9 Å². The molecule has 1 saturated carbocycles. The minimum absolute atomic E-state index is 0.0895. The standard InChI is InChI=1S/C22H31N3O4/c23-21(27)20-11-6-12-25(20)22(28)19(13-17-7-4-5-8-17)14-24(16-26)29-15-18-9-2-1-3-10-18/h1-3,9-10,16-17,19-20H,4-8,11-15H2,(H2,23,27)/t19?,20-/m0/s1. The summed E-state index contributed by atoms with van der Waals surface area (Å²) >= 11 is 0. The number of hydrogen-bond acceptors (Lipinski definition) is 4. The molecule has 1 unspecified atom stereocenters. The van der Waals surface area contributed by atoms with Crippen LogP contribution in [0.15, 0.2) is 30.3 Å². The largest absolute Gasteiger partial charge is 0.368 e. The van der Waals surface area contributed by atoms with E-state index in [0.29, 0.717) is 31.7 Å². The fourth-order valence-corrected chi connectivity index (χ4v) is 4.54. The first-order valence-corrected chi connectivity index (χ1v) is 10.6. The van der Waals surface area contributed by atoms with Crippen LogP contribution in [-0.4, -0.2) is 47.3 Å². The zero-order valence-corrected chi connectivity index (χ0v) is 16.9. The number of nitrogens with zero attached hydrogens (tertiary/aromatic N) is 2. The van der Waals surface area contributed by atoms with E-state index in [-0.39, 0.29) is 25.0 Å². The van der Waals surface area contributed by atoms with Crippen molar-refractivity contribution in [2.45, 2.75) is 57.6 Å². The van der Waals surface area contributed by atoms with Crippen LogP contribution in [0.5, 0.6) is 0 Å². The molecule has 0 radical (unpaired) electrons. The maximum absolute atomic E-state index is 13.3. The van der Waals surface area contributed by atoms with E-state index >= 15 is 0 Å². The highest BCUT2D eigenvalue weighted by Crippen LogP contribution is 2.32. The molecule has 0 spiro atoms. The Balaban J connectivity index is 1.67. The van der Waals surface area contributed by atoms with Gasteiger partial charge in [-0.3, -0.25) is 19.2 Å². The van der Waals surface area contributed by atoms with Crippen LogP contribution >= 0.6 is 0 Å². The predicted octanol–water partition coefficient (Wildman–Crippen LogP) is 2.25. The Bertz CT molecular complexity index is 691. The molecule has 1 aliphatic carbocycles. The number of amides is 3. The maximum atomic E-state index is 13.3. The van der Waals surface area contributed by atoms with E-state index in [2.05, 4.69) is 0 Å². The van der Waals surface area contributed by atoms with Gasteiger partial charge in [-0.15, -0.1) is 0 Å². The van der Waals surface area contributed by atoms with Crippen LogP contribution in [0.2, 0.25) is 0 Å². The Morgan fingerprint density at radius 2 is 1.90 bits per heavy atom. The summed E-state index contributed by atoms with van der Waals surface area (Å²) in [5.74, 6) is -0.461.